The molecule has 0 fully saturated rings. The van der Waals surface area contributed by atoms with Gasteiger partial charge in [0.05, 0.1) is 0 Å². The molecule has 11 heavy (non-hydrogen) atoms. The van der Waals surface area contributed by atoms with Gasteiger partial charge in [0.15, 0.2) is 0 Å². The van der Waals surface area contributed by atoms with E-state index >= 15 is 0 Å². The zero-order valence-electron chi connectivity index (χ0n) is 7.02. The van der Waals surface area contributed by atoms with Gasteiger partial charge in [-0.25, -0.2) is 0 Å². The fourth-order valence-electron chi connectivity index (χ4n) is 1.04. The average Bonchev–Trinajstić information content (AvgIpc) is 1.94. The Labute approximate surface area is 70.5 Å². The van der Waals surface area contributed by atoms with Crippen LogP contribution in [0, 0.1) is 6.92 Å². The molecule has 0 aromatic heterocycles. The Kier molecular flexibility index (Phi) is 2.46. The highest BCUT2D eigenvalue weighted by Crippen LogP contribution is 2.12. The molecule has 0 amide bonds. The van der Waals surface area contributed by atoms with Crippen LogP contribution in [0.15, 0.2) is 24.8 Å². The molecule has 1 aromatic rings. The van der Waals surface area contributed by atoms with Crippen LogP contribution in [0.2, 0.25) is 0 Å². The number of hydrogen-bond donors (Lipinski definition) is 0. The summed E-state index contributed by atoms with van der Waals surface area (Å²) in [6, 6.07) is 6.36. The van der Waals surface area contributed by atoms with E-state index in [0.717, 1.165) is 5.57 Å². The number of allylic oxidation sites excluding steroid dienone is 1. The van der Waals surface area contributed by atoms with Gasteiger partial charge in [0, 0.05) is 0 Å². The van der Waals surface area contributed by atoms with Crippen molar-refractivity contribution in [3.05, 3.63) is 35.9 Å². The number of hydrogen-bond acceptors (Lipinski definition) is 0. The molecule has 0 aliphatic carbocycles. The Bertz CT molecular complexity index is 287. The van der Waals surface area contributed by atoms with Gasteiger partial charge in [-0.1, -0.05) is 35.9 Å². The van der Waals surface area contributed by atoms with Crippen LogP contribution >= 0.6 is 9.24 Å². The first-order valence-electron chi connectivity index (χ1n) is 3.63. The lowest BCUT2D eigenvalue weighted by Gasteiger charge is -2.04. The molecule has 0 bridgehead atoms. The van der Waals surface area contributed by atoms with E-state index in [2.05, 4.69) is 40.9 Å². The van der Waals surface area contributed by atoms with E-state index in [-0.39, 0.29) is 0 Å². The van der Waals surface area contributed by atoms with Gasteiger partial charge in [0.1, 0.15) is 0 Å². The molecule has 1 aromatic carbocycles. The Balaban J connectivity index is 3.23. The predicted octanol–water partition coefficient (Wildman–Crippen LogP) is 2.53. The van der Waals surface area contributed by atoms with Gasteiger partial charge in [0.25, 0.3) is 0 Å². The summed E-state index contributed by atoms with van der Waals surface area (Å²) < 4.78 is 0. The molecule has 58 valence electrons. The molecule has 0 aliphatic heterocycles. The van der Waals surface area contributed by atoms with Crippen LogP contribution in [-0.2, 0) is 0 Å². The topological polar surface area (TPSA) is 0 Å². The van der Waals surface area contributed by atoms with E-state index in [1.54, 1.807) is 0 Å². The molecule has 0 spiro atoms. The van der Waals surface area contributed by atoms with Crippen LogP contribution in [0.4, 0.5) is 0 Å². The molecule has 1 heteroatoms. The predicted molar refractivity (Wildman–Crippen MR) is 55.2 cm³/mol. The zero-order valence-corrected chi connectivity index (χ0v) is 8.17. The fourth-order valence-corrected chi connectivity index (χ4v) is 1.47. The van der Waals surface area contributed by atoms with Gasteiger partial charge >= 0.3 is 0 Å². The first-order valence-corrected chi connectivity index (χ1v) is 4.21. The first-order chi connectivity index (χ1) is 5.11. The van der Waals surface area contributed by atoms with Gasteiger partial charge in [-0.3, -0.25) is 0 Å². The minimum absolute atomic E-state index is 1.12. The van der Waals surface area contributed by atoms with E-state index in [1.165, 1.54) is 16.4 Å². The highest BCUT2D eigenvalue weighted by atomic mass is 31.0. The summed E-state index contributed by atoms with van der Waals surface area (Å²) in [4.78, 5) is 0. The van der Waals surface area contributed by atoms with Crippen molar-refractivity contribution in [2.75, 3.05) is 0 Å². The van der Waals surface area contributed by atoms with E-state index in [0.29, 0.717) is 0 Å². The summed E-state index contributed by atoms with van der Waals surface area (Å²) in [6.45, 7) is 8.04. The summed E-state index contributed by atoms with van der Waals surface area (Å²) >= 11 is 0. The molecule has 0 heterocycles. The van der Waals surface area contributed by atoms with Gasteiger partial charge < -0.3 is 0 Å². The zero-order chi connectivity index (χ0) is 8.43. The standard InChI is InChI=1S/C10H13P/c1-7(2)9-6-8(3)4-5-10(9)11/h4-6H,1,11H2,2-3H3. The van der Waals surface area contributed by atoms with Crippen molar-refractivity contribution < 1.29 is 0 Å². The summed E-state index contributed by atoms with van der Waals surface area (Å²) in [5, 5.41) is 1.23. The molecule has 0 nitrogen and oxygen atoms in total. The minimum atomic E-state index is 1.12. The highest BCUT2D eigenvalue weighted by molar-refractivity contribution is 7.27. The lowest BCUT2D eigenvalue weighted by molar-refractivity contribution is 1.46. The minimum Gasteiger partial charge on any atom is -0.105 e. The third-order valence-corrected chi connectivity index (χ3v) is 2.17. The maximum atomic E-state index is 3.91. The van der Waals surface area contributed by atoms with Crippen LogP contribution in [-0.4, -0.2) is 0 Å². The summed E-state index contributed by atoms with van der Waals surface area (Å²) in [5.41, 5.74) is 3.66. The van der Waals surface area contributed by atoms with Gasteiger partial charge in [-0.2, -0.15) is 0 Å². The molecule has 0 aliphatic rings. The number of rotatable bonds is 1. The van der Waals surface area contributed by atoms with E-state index in [4.69, 9.17) is 0 Å². The normalized spacial score (nSPS) is 9.73. The number of aryl methyl sites for hydroxylation is 1. The fraction of sp³-hybridized carbons (Fsp3) is 0.200. The van der Waals surface area contributed by atoms with E-state index in [1.807, 2.05) is 6.92 Å². The molecule has 0 radical (unpaired) electrons. The van der Waals surface area contributed by atoms with Crippen molar-refractivity contribution in [2.24, 2.45) is 0 Å². The molecular formula is C10H13P. The van der Waals surface area contributed by atoms with Crippen LogP contribution in [0.3, 0.4) is 0 Å². The maximum Gasteiger partial charge on any atom is -0.0159 e. The Morgan fingerprint density at radius 3 is 2.55 bits per heavy atom. The molecule has 1 rings (SSSR count). The van der Waals surface area contributed by atoms with Crippen LogP contribution in [0.5, 0.6) is 0 Å². The SMILES string of the molecule is C=C(C)c1cc(C)ccc1P. The lowest BCUT2D eigenvalue weighted by Crippen LogP contribution is -1.98. The summed E-state index contributed by atoms with van der Waals surface area (Å²) in [7, 11) is 2.72. The molecule has 0 saturated heterocycles. The van der Waals surface area contributed by atoms with Crippen molar-refractivity contribution >= 4 is 20.1 Å². The molecule has 1 unspecified atom stereocenters. The van der Waals surface area contributed by atoms with Crippen LogP contribution in [0.25, 0.3) is 5.57 Å². The second kappa shape index (κ2) is 3.19. The van der Waals surface area contributed by atoms with Crippen molar-refractivity contribution in [3.63, 3.8) is 0 Å². The lowest BCUT2D eigenvalue weighted by atomic mass is 10.1. The van der Waals surface area contributed by atoms with Crippen molar-refractivity contribution in [3.8, 4) is 0 Å². The monoisotopic (exact) mass is 164 g/mol. The average molecular weight is 164 g/mol. The van der Waals surface area contributed by atoms with E-state index < -0.39 is 0 Å². The molecular weight excluding hydrogens is 151 g/mol. The second-order valence-corrected chi connectivity index (χ2v) is 3.49. The molecule has 1 atom stereocenters. The van der Waals surface area contributed by atoms with Crippen molar-refractivity contribution in [1.82, 2.24) is 0 Å². The Morgan fingerprint density at radius 1 is 1.45 bits per heavy atom. The van der Waals surface area contributed by atoms with Gasteiger partial charge in [0.2, 0.25) is 0 Å². The quantitative estimate of drug-likeness (QED) is 0.559. The molecule has 0 N–H and O–H groups in total. The Morgan fingerprint density at radius 2 is 2.09 bits per heavy atom. The van der Waals surface area contributed by atoms with Crippen molar-refractivity contribution in [1.29, 1.82) is 0 Å². The Hall–Kier alpha value is -0.610. The molecule has 0 saturated carbocycles. The van der Waals surface area contributed by atoms with Crippen LogP contribution < -0.4 is 5.30 Å². The highest BCUT2D eigenvalue weighted by Gasteiger charge is 1.97. The first kappa shape index (κ1) is 8.49. The van der Waals surface area contributed by atoms with Crippen LogP contribution in [0.1, 0.15) is 18.1 Å². The van der Waals surface area contributed by atoms with Crippen molar-refractivity contribution in [2.45, 2.75) is 13.8 Å². The largest absolute Gasteiger partial charge is 0.105 e. The number of benzene rings is 1. The third-order valence-electron chi connectivity index (χ3n) is 1.67. The summed E-state index contributed by atoms with van der Waals surface area (Å²) in [6.07, 6.45) is 0. The third kappa shape index (κ3) is 1.91. The summed E-state index contributed by atoms with van der Waals surface area (Å²) in [5.74, 6) is 0. The van der Waals surface area contributed by atoms with E-state index in [9.17, 15) is 0 Å². The van der Waals surface area contributed by atoms with Gasteiger partial charge in [-0.05, 0) is 24.7 Å². The van der Waals surface area contributed by atoms with Gasteiger partial charge in [-0.15, -0.1) is 9.24 Å². The smallest absolute Gasteiger partial charge is 0.0159 e. The second-order valence-electron chi connectivity index (χ2n) is 2.87. The maximum absolute atomic E-state index is 3.91.